The van der Waals surface area contributed by atoms with Crippen LogP contribution in [0.25, 0.3) is 20.7 Å². The molecule has 4 aromatic rings. The molecule has 2 aromatic carbocycles. The minimum Gasteiger partial charge on any atom is -0.368 e. The molecule has 2 heterocycles. The topological polar surface area (TPSA) is 63.8 Å². The predicted molar refractivity (Wildman–Crippen MR) is 101 cm³/mol. The molecule has 6 heteroatoms. The number of hydrogen-bond acceptors (Lipinski definition) is 5. The molecule has 3 N–H and O–H groups in total. The minimum atomic E-state index is -0.251. The first kappa shape index (κ1) is 15.5. The number of nitrogen functional groups attached to an aromatic ring is 1. The van der Waals surface area contributed by atoms with E-state index in [2.05, 4.69) is 15.3 Å². The number of halogens is 1. The molecule has 0 saturated heterocycles. The van der Waals surface area contributed by atoms with Gasteiger partial charge in [0.1, 0.15) is 16.5 Å². The number of nitrogens with zero attached hydrogens (tertiary/aromatic N) is 2. The summed E-state index contributed by atoms with van der Waals surface area (Å²) in [5.74, 6) is 0.686. The second-order valence-corrected chi connectivity index (χ2v) is 6.64. The van der Waals surface area contributed by atoms with E-state index < -0.39 is 0 Å². The smallest absolute Gasteiger partial charge is 0.223 e. The minimum absolute atomic E-state index is 0.232. The van der Waals surface area contributed by atoms with Gasteiger partial charge in [0.15, 0.2) is 0 Å². The van der Waals surface area contributed by atoms with E-state index in [0.717, 1.165) is 26.2 Å². The maximum absolute atomic E-state index is 13.1. The van der Waals surface area contributed by atoms with Crippen molar-refractivity contribution in [3.63, 3.8) is 0 Å². The summed E-state index contributed by atoms with van der Waals surface area (Å²) in [5.41, 5.74) is 7.95. The van der Waals surface area contributed by atoms with Crippen LogP contribution in [0, 0.1) is 5.82 Å². The Balaban J connectivity index is 1.70. The molecule has 0 saturated carbocycles. The van der Waals surface area contributed by atoms with Gasteiger partial charge < -0.3 is 11.1 Å². The third-order valence-corrected chi connectivity index (χ3v) is 4.92. The molecule has 0 bridgehead atoms. The van der Waals surface area contributed by atoms with Gasteiger partial charge in [0, 0.05) is 11.4 Å². The molecule has 0 aliphatic heterocycles. The van der Waals surface area contributed by atoms with Gasteiger partial charge in [0.25, 0.3) is 0 Å². The number of nitrogens with one attached hydrogen (secondary N) is 1. The van der Waals surface area contributed by atoms with E-state index in [1.165, 1.54) is 23.5 Å². The van der Waals surface area contributed by atoms with E-state index in [4.69, 9.17) is 5.73 Å². The van der Waals surface area contributed by atoms with Gasteiger partial charge in [-0.05, 0) is 29.3 Å². The van der Waals surface area contributed by atoms with Crippen molar-refractivity contribution in [1.29, 1.82) is 0 Å². The van der Waals surface area contributed by atoms with E-state index >= 15 is 0 Å². The molecule has 0 amide bonds. The van der Waals surface area contributed by atoms with Gasteiger partial charge in [0.2, 0.25) is 5.95 Å². The summed E-state index contributed by atoms with van der Waals surface area (Å²) >= 11 is 1.51. The molecular weight excluding hydrogens is 335 g/mol. The van der Waals surface area contributed by atoms with E-state index in [1.807, 2.05) is 36.4 Å². The SMILES string of the molecule is Nc1nc(NCc2ccccc2)c2cc(-c3ccc(F)cc3)sc2n1. The normalized spacial score (nSPS) is 10.9. The second kappa shape index (κ2) is 6.49. The summed E-state index contributed by atoms with van der Waals surface area (Å²) in [5, 5.41) is 4.25. The highest BCUT2D eigenvalue weighted by Crippen LogP contribution is 2.35. The Bertz CT molecular complexity index is 1010. The average Bonchev–Trinajstić information content (AvgIpc) is 3.05. The molecule has 25 heavy (non-hydrogen) atoms. The Labute approximate surface area is 148 Å². The van der Waals surface area contributed by atoms with Crippen molar-refractivity contribution in [2.75, 3.05) is 11.1 Å². The first-order valence-electron chi connectivity index (χ1n) is 7.80. The summed E-state index contributed by atoms with van der Waals surface area (Å²) in [6.45, 7) is 0.647. The zero-order chi connectivity index (χ0) is 17.2. The van der Waals surface area contributed by atoms with Crippen molar-refractivity contribution in [1.82, 2.24) is 9.97 Å². The maximum atomic E-state index is 13.1. The number of rotatable bonds is 4. The average molecular weight is 350 g/mol. The molecule has 0 aliphatic rings. The summed E-state index contributed by atoms with van der Waals surface area (Å²) < 4.78 is 13.1. The molecule has 0 unspecified atom stereocenters. The Kier molecular flexibility index (Phi) is 4.03. The Morgan fingerprint density at radius 2 is 1.76 bits per heavy atom. The highest BCUT2D eigenvalue weighted by atomic mass is 32.1. The van der Waals surface area contributed by atoms with Gasteiger partial charge in [-0.15, -0.1) is 11.3 Å². The van der Waals surface area contributed by atoms with Gasteiger partial charge in [-0.25, -0.2) is 9.37 Å². The summed E-state index contributed by atoms with van der Waals surface area (Å²) in [4.78, 5) is 10.5. The van der Waals surface area contributed by atoms with Crippen LogP contribution in [0.2, 0.25) is 0 Å². The molecule has 0 atom stereocenters. The van der Waals surface area contributed by atoms with Crippen LogP contribution >= 0.6 is 11.3 Å². The van der Waals surface area contributed by atoms with Gasteiger partial charge in [-0.1, -0.05) is 42.5 Å². The third kappa shape index (κ3) is 3.29. The first-order valence-corrected chi connectivity index (χ1v) is 8.61. The highest BCUT2D eigenvalue weighted by Gasteiger charge is 2.12. The zero-order valence-corrected chi connectivity index (χ0v) is 14.1. The molecular formula is C19H15FN4S. The molecule has 4 nitrogen and oxygen atoms in total. The summed E-state index contributed by atoms with van der Waals surface area (Å²) in [7, 11) is 0. The molecule has 2 aromatic heterocycles. The predicted octanol–water partition coefficient (Wildman–Crippen LogP) is 4.69. The molecule has 0 spiro atoms. The monoisotopic (exact) mass is 350 g/mol. The Morgan fingerprint density at radius 1 is 1.00 bits per heavy atom. The fourth-order valence-corrected chi connectivity index (χ4v) is 3.65. The van der Waals surface area contributed by atoms with E-state index in [-0.39, 0.29) is 11.8 Å². The quantitative estimate of drug-likeness (QED) is 0.560. The lowest BCUT2D eigenvalue weighted by Crippen LogP contribution is -2.04. The lowest BCUT2D eigenvalue weighted by Gasteiger charge is -2.07. The largest absolute Gasteiger partial charge is 0.368 e. The van der Waals surface area contributed by atoms with Gasteiger partial charge >= 0.3 is 0 Å². The summed E-state index contributed by atoms with van der Waals surface area (Å²) in [6.07, 6.45) is 0. The number of hydrogen-bond donors (Lipinski definition) is 2. The molecule has 4 rings (SSSR count). The van der Waals surface area contributed by atoms with Crippen LogP contribution in [0.1, 0.15) is 5.56 Å². The fourth-order valence-electron chi connectivity index (χ4n) is 2.61. The number of aromatic nitrogens is 2. The van der Waals surface area contributed by atoms with Crippen molar-refractivity contribution < 1.29 is 4.39 Å². The van der Waals surface area contributed by atoms with Gasteiger partial charge in [-0.3, -0.25) is 0 Å². The zero-order valence-electron chi connectivity index (χ0n) is 13.2. The number of nitrogens with two attached hydrogens (primary N) is 1. The third-order valence-electron chi connectivity index (χ3n) is 3.84. The van der Waals surface area contributed by atoms with Gasteiger partial charge in [0.05, 0.1) is 5.39 Å². The lowest BCUT2D eigenvalue weighted by molar-refractivity contribution is 0.628. The standard InChI is InChI=1S/C19H15FN4S/c20-14-8-6-13(7-9-14)16-10-15-17(23-19(21)24-18(15)25-16)22-11-12-4-2-1-3-5-12/h1-10H,11H2,(H3,21,22,23,24). The van der Waals surface area contributed by atoms with E-state index in [0.29, 0.717) is 12.4 Å². The van der Waals surface area contributed by atoms with Crippen molar-refractivity contribution in [2.24, 2.45) is 0 Å². The number of anilines is 2. The van der Waals surface area contributed by atoms with E-state index in [1.54, 1.807) is 12.1 Å². The summed E-state index contributed by atoms with van der Waals surface area (Å²) in [6, 6.07) is 18.5. The molecule has 0 fully saturated rings. The number of fused-ring (bicyclic) bond motifs is 1. The molecule has 0 radical (unpaired) electrons. The van der Waals surface area contributed by atoms with Crippen LogP contribution in [0.3, 0.4) is 0 Å². The Morgan fingerprint density at radius 3 is 2.52 bits per heavy atom. The Hall–Kier alpha value is -2.99. The number of thiophene rings is 1. The van der Waals surface area contributed by atoms with E-state index in [9.17, 15) is 4.39 Å². The number of benzene rings is 2. The molecule has 124 valence electrons. The van der Waals surface area contributed by atoms with Crippen molar-refractivity contribution in [2.45, 2.75) is 6.54 Å². The van der Waals surface area contributed by atoms with Crippen LogP contribution in [0.5, 0.6) is 0 Å². The van der Waals surface area contributed by atoms with Gasteiger partial charge in [-0.2, -0.15) is 4.98 Å². The lowest BCUT2D eigenvalue weighted by atomic mass is 10.2. The maximum Gasteiger partial charge on any atom is 0.223 e. The fraction of sp³-hybridized carbons (Fsp3) is 0.0526. The van der Waals surface area contributed by atoms with Crippen molar-refractivity contribution >= 4 is 33.3 Å². The highest BCUT2D eigenvalue weighted by molar-refractivity contribution is 7.21. The van der Waals surface area contributed by atoms with Crippen LogP contribution in [-0.4, -0.2) is 9.97 Å². The van der Waals surface area contributed by atoms with Crippen LogP contribution < -0.4 is 11.1 Å². The van der Waals surface area contributed by atoms with Crippen LogP contribution in [0.4, 0.5) is 16.2 Å². The van der Waals surface area contributed by atoms with Crippen LogP contribution in [-0.2, 0) is 6.54 Å². The van der Waals surface area contributed by atoms with Crippen molar-refractivity contribution in [3.8, 4) is 10.4 Å². The second-order valence-electron chi connectivity index (χ2n) is 5.61. The van der Waals surface area contributed by atoms with Crippen molar-refractivity contribution in [3.05, 3.63) is 72.0 Å². The molecule has 0 aliphatic carbocycles. The first-order chi connectivity index (χ1) is 12.2. The van der Waals surface area contributed by atoms with Crippen LogP contribution in [0.15, 0.2) is 60.7 Å².